The predicted molar refractivity (Wildman–Crippen MR) is 116 cm³/mol. The van der Waals surface area contributed by atoms with Gasteiger partial charge in [-0.2, -0.15) is 18.3 Å². The number of aryl methyl sites for hydroxylation is 1. The summed E-state index contributed by atoms with van der Waals surface area (Å²) >= 11 is 6.44. The third-order valence-electron chi connectivity index (χ3n) is 5.12. The number of nitrogens with zero attached hydrogens (tertiary/aromatic N) is 4. The van der Waals surface area contributed by atoms with Crippen molar-refractivity contribution in [3.8, 4) is 5.75 Å². The Morgan fingerprint density at radius 3 is 2.62 bits per heavy atom. The fourth-order valence-corrected chi connectivity index (χ4v) is 3.67. The molecule has 4 N–H and O–H groups in total. The smallest absolute Gasteiger partial charge is 0.490 e. The van der Waals surface area contributed by atoms with Crippen molar-refractivity contribution in [1.82, 2.24) is 25.1 Å². The number of carboxylic acids is 1. The zero-order valence-electron chi connectivity index (χ0n) is 18.2. The molecular formula is C20H20ClF3N6O4. The standard InChI is InChI=1S/C18H19ClN6O2.C2HF3O2/c1-8-12(19)6-11(15-13(8)18(26)21-4-5-27-15)10(3)25-17-14(9(2)24-25)16(20)22-7-23-17;3-2(4,5)1(6)7/h6-7,10H,4-5H2,1-3H3,(H,21,26)(H2,20,22,23);(H,6,7). The Kier molecular flexibility index (Phi) is 6.87. The summed E-state index contributed by atoms with van der Waals surface area (Å²) in [5.74, 6) is -2.04. The Labute approximate surface area is 195 Å². The van der Waals surface area contributed by atoms with Crippen molar-refractivity contribution >= 4 is 40.3 Å². The summed E-state index contributed by atoms with van der Waals surface area (Å²) in [7, 11) is 0. The van der Waals surface area contributed by atoms with Gasteiger partial charge >= 0.3 is 12.1 Å². The number of carbonyl (C=O) groups is 2. The molecule has 1 aliphatic rings. The van der Waals surface area contributed by atoms with Gasteiger partial charge in [0.05, 0.1) is 29.2 Å². The van der Waals surface area contributed by atoms with Gasteiger partial charge in [0, 0.05) is 10.6 Å². The van der Waals surface area contributed by atoms with E-state index in [1.807, 2.05) is 26.8 Å². The van der Waals surface area contributed by atoms with Crippen molar-refractivity contribution in [3.05, 3.63) is 39.8 Å². The van der Waals surface area contributed by atoms with E-state index < -0.39 is 12.1 Å². The highest BCUT2D eigenvalue weighted by Gasteiger charge is 2.38. The van der Waals surface area contributed by atoms with Crippen molar-refractivity contribution in [2.75, 3.05) is 18.9 Å². The highest BCUT2D eigenvalue weighted by molar-refractivity contribution is 6.32. The SMILES string of the molecule is Cc1c(Cl)cc(C(C)n2nc(C)c3c(N)ncnc32)c2c1C(=O)NCCO2.O=C(O)C(F)(F)F. The number of aromatic nitrogens is 4. The van der Waals surface area contributed by atoms with Crippen molar-refractivity contribution in [1.29, 1.82) is 0 Å². The second kappa shape index (κ2) is 9.33. The Morgan fingerprint density at radius 2 is 2.00 bits per heavy atom. The molecule has 4 rings (SSSR count). The number of nitrogen functional groups attached to an aromatic ring is 1. The van der Waals surface area contributed by atoms with E-state index >= 15 is 0 Å². The molecule has 10 nitrogen and oxygen atoms in total. The van der Waals surface area contributed by atoms with E-state index in [4.69, 9.17) is 32.0 Å². The molecule has 0 saturated heterocycles. The first-order chi connectivity index (χ1) is 15.8. The highest BCUT2D eigenvalue weighted by atomic mass is 35.5. The zero-order chi connectivity index (χ0) is 25.4. The Balaban J connectivity index is 0.000000406. The van der Waals surface area contributed by atoms with Crippen LogP contribution in [0, 0.1) is 13.8 Å². The quantitative estimate of drug-likeness (QED) is 0.486. The number of amides is 1. The van der Waals surface area contributed by atoms with Crippen LogP contribution in [0.25, 0.3) is 11.0 Å². The number of hydrogen-bond donors (Lipinski definition) is 3. The molecule has 0 bridgehead atoms. The third kappa shape index (κ3) is 4.69. The fourth-order valence-electron chi connectivity index (χ4n) is 3.46. The minimum atomic E-state index is -5.08. The molecule has 0 spiro atoms. The summed E-state index contributed by atoms with van der Waals surface area (Å²) in [6, 6.07) is 1.54. The summed E-state index contributed by atoms with van der Waals surface area (Å²) in [4.78, 5) is 29.8. The monoisotopic (exact) mass is 500 g/mol. The number of nitrogens with two attached hydrogens (primary N) is 1. The molecule has 1 atom stereocenters. The first-order valence-corrected chi connectivity index (χ1v) is 10.2. The van der Waals surface area contributed by atoms with Crippen LogP contribution in [0.15, 0.2) is 12.4 Å². The van der Waals surface area contributed by atoms with Gasteiger partial charge in [0.2, 0.25) is 0 Å². The molecule has 0 saturated carbocycles. The number of nitrogens with one attached hydrogen (secondary N) is 1. The lowest BCUT2D eigenvalue weighted by molar-refractivity contribution is -0.192. The lowest BCUT2D eigenvalue weighted by Crippen LogP contribution is -2.25. The van der Waals surface area contributed by atoms with Crippen LogP contribution in [0.3, 0.4) is 0 Å². The van der Waals surface area contributed by atoms with Gasteiger partial charge in [0.25, 0.3) is 5.91 Å². The maximum Gasteiger partial charge on any atom is 0.490 e. The number of hydrogen-bond acceptors (Lipinski definition) is 7. The number of carboxylic acid groups (broad SMARTS) is 1. The van der Waals surface area contributed by atoms with Crippen molar-refractivity contribution in [2.24, 2.45) is 0 Å². The lowest BCUT2D eigenvalue weighted by atomic mass is 9.98. The molecule has 3 aromatic rings. The number of aliphatic carboxylic acids is 1. The number of benzene rings is 1. The number of halogens is 4. The summed E-state index contributed by atoms with van der Waals surface area (Å²) in [6.07, 6.45) is -3.67. The molecule has 1 aromatic carbocycles. The molecule has 3 heterocycles. The summed E-state index contributed by atoms with van der Waals surface area (Å²) in [6.45, 7) is 6.44. The van der Waals surface area contributed by atoms with Crippen LogP contribution in [0.4, 0.5) is 19.0 Å². The molecule has 1 unspecified atom stereocenters. The average Bonchev–Trinajstić information content (AvgIpc) is 2.97. The summed E-state index contributed by atoms with van der Waals surface area (Å²) < 4.78 is 39.4. The van der Waals surface area contributed by atoms with Gasteiger partial charge in [-0.1, -0.05) is 11.6 Å². The molecule has 2 aromatic heterocycles. The van der Waals surface area contributed by atoms with Crippen LogP contribution in [0.5, 0.6) is 5.75 Å². The van der Waals surface area contributed by atoms with E-state index in [2.05, 4.69) is 20.4 Å². The van der Waals surface area contributed by atoms with Crippen LogP contribution in [0.2, 0.25) is 5.02 Å². The van der Waals surface area contributed by atoms with Gasteiger partial charge in [-0.3, -0.25) is 4.79 Å². The van der Waals surface area contributed by atoms with Gasteiger partial charge in [-0.05, 0) is 32.4 Å². The Hall–Kier alpha value is -3.61. The van der Waals surface area contributed by atoms with E-state index in [1.54, 1.807) is 4.68 Å². The molecule has 0 radical (unpaired) electrons. The van der Waals surface area contributed by atoms with Gasteiger partial charge in [-0.15, -0.1) is 0 Å². The molecule has 182 valence electrons. The van der Waals surface area contributed by atoms with Crippen LogP contribution < -0.4 is 15.8 Å². The molecule has 0 fully saturated rings. The summed E-state index contributed by atoms with van der Waals surface area (Å²) in [5, 5.41) is 15.8. The number of fused-ring (bicyclic) bond motifs is 2. The minimum absolute atomic E-state index is 0.191. The van der Waals surface area contributed by atoms with E-state index in [0.717, 1.165) is 11.3 Å². The Morgan fingerprint density at radius 1 is 1.35 bits per heavy atom. The fraction of sp³-hybridized carbons (Fsp3) is 0.350. The van der Waals surface area contributed by atoms with Crippen LogP contribution in [-0.4, -0.2) is 56.1 Å². The number of rotatable bonds is 2. The zero-order valence-corrected chi connectivity index (χ0v) is 19.0. The number of ether oxygens (including phenoxy) is 1. The van der Waals surface area contributed by atoms with E-state index in [9.17, 15) is 18.0 Å². The third-order valence-corrected chi connectivity index (χ3v) is 5.51. The van der Waals surface area contributed by atoms with Gasteiger partial charge in [-0.25, -0.2) is 19.4 Å². The van der Waals surface area contributed by atoms with Crippen LogP contribution in [-0.2, 0) is 4.79 Å². The highest BCUT2D eigenvalue weighted by Crippen LogP contribution is 2.39. The number of carbonyl (C=O) groups excluding carboxylic acids is 1. The van der Waals surface area contributed by atoms with Crippen LogP contribution in [0.1, 0.15) is 40.1 Å². The molecule has 1 aliphatic heterocycles. The Bertz CT molecular complexity index is 1280. The normalized spacial score (nSPS) is 14.3. The van der Waals surface area contributed by atoms with Crippen molar-refractivity contribution in [3.63, 3.8) is 0 Å². The molecule has 14 heteroatoms. The summed E-state index contributed by atoms with van der Waals surface area (Å²) in [5.41, 5.74) is 9.27. The first kappa shape index (κ1) is 25.0. The maximum atomic E-state index is 12.5. The van der Waals surface area contributed by atoms with E-state index in [0.29, 0.717) is 51.9 Å². The van der Waals surface area contributed by atoms with Gasteiger partial charge in [0.1, 0.15) is 24.5 Å². The second-order valence-electron chi connectivity index (χ2n) is 7.35. The molecule has 34 heavy (non-hydrogen) atoms. The minimum Gasteiger partial charge on any atom is -0.491 e. The van der Waals surface area contributed by atoms with Gasteiger partial charge in [0.15, 0.2) is 5.65 Å². The van der Waals surface area contributed by atoms with Crippen LogP contribution >= 0.6 is 11.6 Å². The maximum absolute atomic E-state index is 12.5. The van der Waals surface area contributed by atoms with E-state index in [-0.39, 0.29) is 11.9 Å². The molecular weight excluding hydrogens is 481 g/mol. The lowest BCUT2D eigenvalue weighted by Gasteiger charge is -2.20. The predicted octanol–water partition coefficient (Wildman–Crippen LogP) is 3.04. The second-order valence-corrected chi connectivity index (χ2v) is 7.75. The average molecular weight is 501 g/mol. The molecule has 0 aliphatic carbocycles. The number of anilines is 1. The first-order valence-electron chi connectivity index (χ1n) is 9.84. The van der Waals surface area contributed by atoms with Crippen molar-refractivity contribution < 1.29 is 32.6 Å². The van der Waals surface area contributed by atoms with E-state index in [1.165, 1.54) is 6.33 Å². The topological polar surface area (TPSA) is 145 Å². The number of alkyl halides is 3. The largest absolute Gasteiger partial charge is 0.491 e. The van der Waals surface area contributed by atoms with Gasteiger partial charge < -0.3 is 20.9 Å². The van der Waals surface area contributed by atoms with Crippen molar-refractivity contribution in [2.45, 2.75) is 33.0 Å². The molecule has 1 amide bonds.